The average Bonchev–Trinajstić information content (AvgIpc) is 3.29. The molecular formula is C25H27NO7. The first-order chi connectivity index (χ1) is 16.0. The minimum absolute atomic E-state index is 0.173. The van der Waals surface area contributed by atoms with Gasteiger partial charge in [0.25, 0.3) is 5.91 Å². The predicted octanol–water partition coefficient (Wildman–Crippen LogP) is 4.25. The highest BCUT2D eigenvalue weighted by Crippen LogP contribution is 2.35. The van der Waals surface area contributed by atoms with Crippen molar-refractivity contribution in [3.05, 3.63) is 71.2 Å². The van der Waals surface area contributed by atoms with Gasteiger partial charge in [-0.2, -0.15) is 0 Å². The number of hydrogen-bond donors (Lipinski definition) is 1. The van der Waals surface area contributed by atoms with Crippen molar-refractivity contribution in [3.63, 3.8) is 0 Å². The Hall–Kier alpha value is -3.94. The number of hydrogen-bond acceptors (Lipinski definition) is 7. The zero-order chi connectivity index (χ0) is 23.8. The molecule has 0 saturated carbocycles. The fraction of sp³-hybridized carbons (Fsp3) is 0.280. The van der Waals surface area contributed by atoms with E-state index in [4.69, 9.17) is 23.4 Å². The minimum atomic E-state index is -0.381. The van der Waals surface area contributed by atoms with Gasteiger partial charge in [0, 0.05) is 29.8 Å². The Morgan fingerprint density at radius 3 is 2.15 bits per heavy atom. The Kier molecular flexibility index (Phi) is 7.96. The highest BCUT2D eigenvalue weighted by Gasteiger charge is 2.17. The largest absolute Gasteiger partial charge is 0.496 e. The Morgan fingerprint density at radius 1 is 0.909 bits per heavy atom. The van der Waals surface area contributed by atoms with Crippen LogP contribution < -0.4 is 19.5 Å². The van der Waals surface area contributed by atoms with Crippen LogP contribution in [0.15, 0.2) is 52.9 Å². The lowest BCUT2D eigenvalue weighted by atomic mass is 10.1. The van der Waals surface area contributed by atoms with Gasteiger partial charge in [-0.3, -0.25) is 9.59 Å². The van der Waals surface area contributed by atoms with E-state index in [0.29, 0.717) is 41.7 Å². The fourth-order valence-electron chi connectivity index (χ4n) is 3.30. The summed E-state index contributed by atoms with van der Waals surface area (Å²) in [5, 5.41) is 2.79. The molecular weight excluding hydrogens is 426 g/mol. The van der Waals surface area contributed by atoms with Crippen LogP contribution in [-0.2, 0) is 22.4 Å². The lowest BCUT2D eigenvalue weighted by Crippen LogP contribution is -2.11. The zero-order valence-electron chi connectivity index (χ0n) is 19.1. The number of methoxy groups -OCH3 is 3. The molecule has 0 spiro atoms. The van der Waals surface area contributed by atoms with Crippen molar-refractivity contribution in [2.75, 3.05) is 33.3 Å². The molecule has 0 aliphatic carbocycles. The molecule has 0 aliphatic rings. The van der Waals surface area contributed by atoms with Crippen LogP contribution in [0.4, 0.5) is 5.69 Å². The van der Waals surface area contributed by atoms with Crippen LogP contribution in [0.25, 0.3) is 0 Å². The summed E-state index contributed by atoms with van der Waals surface area (Å²) in [6, 6.07) is 13.9. The van der Waals surface area contributed by atoms with Gasteiger partial charge in [-0.25, -0.2) is 0 Å². The second-order valence-electron chi connectivity index (χ2n) is 7.09. The van der Waals surface area contributed by atoms with Gasteiger partial charge in [-0.15, -0.1) is 0 Å². The second-order valence-corrected chi connectivity index (χ2v) is 7.09. The lowest BCUT2D eigenvalue weighted by Gasteiger charge is -2.14. The average molecular weight is 453 g/mol. The topological polar surface area (TPSA) is 96.2 Å². The first-order valence-electron chi connectivity index (χ1n) is 10.4. The Labute approximate surface area is 192 Å². The molecule has 3 aromatic rings. The Morgan fingerprint density at radius 2 is 1.58 bits per heavy atom. The summed E-state index contributed by atoms with van der Waals surface area (Å²) in [6.07, 6.45) is 0.550. The monoisotopic (exact) mass is 453 g/mol. The van der Waals surface area contributed by atoms with Gasteiger partial charge in [0.05, 0.1) is 34.4 Å². The van der Waals surface area contributed by atoms with Crippen molar-refractivity contribution in [3.8, 4) is 17.2 Å². The highest BCUT2D eigenvalue weighted by molar-refractivity contribution is 6.02. The van der Waals surface area contributed by atoms with Crippen LogP contribution in [0.1, 0.15) is 34.4 Å². The highest BCUT2D eigenvalue weighted by atomic mass is 16.5. The normalized spacial score (nSPS) is 10.4. The summed E-state index contributed by atoms with van der Waals surface area (Å²) in [6.45, 7) is 2.11. The van der Waals surface area contributed by atoms with Crippen LogP contribution in [0.3, 0.4) is 0 Å². The van der Waals surface area contributed by atoms with Crippen LogP contribution >= 0.6 is 0 Å². The number of nitrogens with one attached hydrogen (secondary N) is 1. The number of amides is 1. The first kappa shape index (κ1) is 23.7. The van der Waals surface area contributed by atoms with Crippen molar-refractivity contribution < 1.29 is 33.0 Å². The van der Waals surface area contributed by atoms with Gasteiger partial charge in [-0.05, 0) is 36.8 Å². The first-order valence-corrected chi connectivity index (χ1v) is 10.4. The molecule has 2 aromatic carbocycles. The summed E-state index contributed by atoms with van der Waals surface area (Å²) < 4.78 is 26.9. The summed E-state index contributed by atoms with van der Waals surface area (Å²) >= 11 is 0. The van der Waals surface area contributed by atoms with Crippen molar-refractivity contribution in [1.29, 1.82) is 0 Å². The number of rotatable bonds is 10. The minimum Gasteiger partial charge on any atom is -0.496 e. The van der Waals surface area contributed by atoms with E-state index in [1.165, 1.54) is 0 Å². The van der Waals surface area contributed by atoms with E-state index in [9.17, 15) is 9.59 Å². The van der Waals surface area contributed by atoms with Crippen LogP contribution in [0.5, 0.6) is 17.2 Å². The van der Waals surface area contributed by atoms with Gasteiger partial charge in [0.15, 0.2) is 5.76 Å². The van der Waals surface area contributed by atoms with Gasteiger partial charge in [0.1, 0.15) is 23.0 Å². The second kappa shape index (κ2) is 11.1. The number of benzene rings is 2. The maximum Gasteiger partial charge on any atom is 0.310 e. The summed E-state index contributed by atoms with van der Waals surface area (Å²) in [5.41, 5.74) is 2.16. The maximum absolute atomic E-state index is 12.6. The molecule has 0 saturated heterocycles. The predicted molar refractivity (Wildman–Crippen MR) is 122 cm³/mol. The van der Waals surface area contributed by atoms with E-state index in [-0.39, 0.29) is 24.1 Å². The molecule has 0 atom stereocenters. The van der Waals surface area contributed by atoms with Crippen LogP contribution in [0, 0.1) is 0 Å². The molecule has 33 heavy (non-hydrogen) atoms. The lowest BCUT2D eigenvalue weighted by molar-refractivity contribution is -0.142. The molecule has 8 heteroatoms. The quantitative estimate of drug-likeness (QED) is 0.458. The molecule has 8 nitrogen and oxygen atoms in total. The number of carbonyl (C=O) groups is 2. The van der Waals surface area contributed by atoms with Gasteiger partial charge < -0.3 is 28.7 Å². The van der Waals surface area contributed by atoms with E-state index in [0.717, 1.165) is 11.1 Å². The smallest absolute Gasteiger partial charge is 0.310 e. The fourth-order valence-corrected chi connectivity index (χ4v) is 3.30. The molecule has 1 heterocycles. The van der Waals surface area contributed by atoms with E-state index in [1.807, 2.05) is 0 Å². The number of esters is 1. The third kappa shape index (κ3) is 6.06. The van der Waals surface area contributed by atoms with Crippen molar-refractivity contribution in [1.82, 2.24) is 0 Å². The third-order valence-corrected chi connectivity index (χ3v) is 4.92. The molecule has 0 aliphatic heterocycles. The molecule has 1 N–H and O–H groups in total. The summed E-state index contributed by atoms with van der Waals surface area (Å²) in [5.74, 6) is 1.88. The van der Waals surface area contributed by atoms with E-state index < -0.39 is 0 Å². The zero-order valence-corrected chi connectivity index (χ0v) is 19.1. The SMILES string of the molecule is CCOC(=O)Cc1ccc(NC(=O)c2ccc(Cc3c(OC)cc(OC)cc3OC)o2)cc1. The third-order valence-electron chi connectivity index (χ3n) is 4.92. The number of ether oxygens (including phenoxy) is 4. The van der Waals surface area contributed by atoms with Gasteiger partial charge in [0.2, 0.25) is 0 Å². The van der Waals surface area contributed by atoms with Crippen LogP contribution in [-0.4, -0.2) is 39.8 Å². The molecule has 174 valence electrons. The molecule has 0 radical (unpaired) electrons. The summed E-state index contributed by atoms with van der Waals surface area (Å²) in [4.78, 5) is 24.2. The van der Waals surface area contributed by atoms with Crippen molar-refractivity contribution >= 4 is 17.6 Å². The van der Waals surface area contributed by atoms with Crippen molar-refractivity contribution in [2.24, 2.45) is 0 Å². The Bertz CT molecular complexity index is 1080. The van der Waals surface area contributed by atoms with Crippen molar-refractivity contribution in [2.45, 2.75) is 19.8 Å². The van der Waals surface area contributed by atoms with Gasteiger partial charge >= 0.3 is 5.97 Å². The van der Waals surface area contributed by atoms with E-state index >= 15 is 0 Å². The van der Waals surface area contributed by atoms with E-state index in [2.05, 4.69) is 5.32 Å². The number of anilines is 1. The Balaban J connectivity index is 1.68. The number of carbonyl (C=O) groups excluding carboxylic acids is 2. The molecule has 0 unspecified atom stereocenters. The molecule has 1 aromatic heterocycles. The molecule has 1 amide bonds. The summed E-state index contributed by atoms with van der Waals surface area (Å²) in [7, 11) is 4.70. The molecule has 0 bridgehead atoms. The van der Waals surface area contributed by atoms with Gasteiger partial charge in [-0.1, -0.05) is 12.1 Å². The maximum atomic E-state index is 12.6. The number of furan rings is 1. The molecule has 3 rings (SSSR count). The molecule has 0 fully saturated rings. The standard InChI is InChI=1S/C25H27NO7/c1-5-32-24(27)12-16-6-8-17(9-7-16)26-25(28)21-11-10-18(33-21)13-20-22(30-3)14-19(29-2)15-23(20)31-4/h6-11,14-15H,5,12-13H2,1-4H3,(H,26,28). The van der Waals surface area contributed by atoms with Crippen LogP contribution in [0.2, 0.25) is 0 Å². The van der Waals surface area contributed by atoms with E-state index in [1.54, 1.807) is 76.8 Å².